The summed E-state index contributed by atoms with van der Waals surface area (Å²) in [6, 6.07) is 4.79. The molecule has 0 saturated carbocycles. The lowest BCUT2D eigenvalue weighted by Gasteiger charge is -2.34. The van der Waals surface area contributed by atoms with Gasteiger partial charge in [-0.2, -0.15) is 0 Å². The summed E-state index contributed by atoms with van der Waals surface area (Å²) in [6.07, 6.45) is 3.46. The van der Waals surface area contributed by atoms with Crippen molar-refractivity contribution in [3.8, 4) is 0 Å². The van der Waals surface area contributed by atoms with Crippen molar-refractivity contribution in [2.75, 3.05) is 39.8 Å². The Bertz CT molecular complexity index is 758. The third-order valence-corrected chi connectivity index (χ3v) is 5.87. The molecule has 2 aliphatic rings. The van der Waals surface area contributed by atoms with E-state index in [0.29, 0.717) is 31.5 Å². The van der Waals surface area contributed by atoms with Gasteiger partial charge in [-0.15, -0.1) is 0 Å². The van der Waals surface area contributed by atoms with Crippen molar-refractivity contribution >= 4 is 17.7 Å². The van der Waals surface area contributed by atoms with Crippen LogP contribution >= 0.6 is 0 Å². The highest BCUT2D eigenvalue weighted by Gasteiger charge is 2.32. The Labute approximate surface area is 170 Å². The minimum Gasteiger partial charge on any atom is -0.368 e. The number of amides is 3. The van der Waals surface area contributed by atoms with Gasteiger partial charge in [0.1, 0.15) is 11.9 Å². The first-order valence-corrected chi connectivity index (χ1v) is 10.2. The van der Waals surface area contributed by atoms with Gasteiger partial charge in [0.25, 0.3) is 0 Å². The number of nitrogens with two attached hydrogens (primary N) is 1. The Morgan fingerprint density at radius 1 is 1.14 bits per heavy atom. The van der Waals surface area contributed by atoms with Crippen molar-refractivity contribution in [1.82, 2.24) is 14.7 Å². The number of carbonyl (C=O) groups is 3. The predicted molar refractivity (Wildman–Crippen MR) is 106 cm³/mol. The molecule has 1 aromatic rings. The van der Waals surface area contributed by atoms with Gasteiger partial charge in [-0.05, 0) is 50.4 Å². The van der Waals surface area contributed by atoms with Gasteiger partial charge in [0.05, 0.1) is 6.54 Å². The molecule has 29 heavy (non-hydrogen) atoms. The molecule has 3 rings (SSSR count). The second kappa shape index (κ2) is 9.35. The minimum atomic E-state index is -0.885. The fourth-order valence-corrected chi connectivity index (χ4v) is 4.29. The first-order chi connectivity index (χ1) is 13.9. The maximum absolute atomic E-state index is 13.5. The lowest BCUT2D eigenvalue weighted by atomic mass is 9.95. The van der Waals surface area contributed by atoms with E-state index in [1.165, 1.54) is 18.2 Å². The topological polar surface area (TPSA) is 87.0 Å². The number of nitrogens with zero attached hydrogens (tertiary/aromatic N) is 3. The summed E-state index contributed by atoms with van der Waals surface area (Å²) in [7, 11) is 1.63. The van der Waals surface area contributed by atoms with Crippen LogP contribution in [0.5, 0.6) is 0 Å². The van der Waals surface area contributed by atoms with Crippen molar-refractivity contribution in [3.63, 3.8) is 0 Å². The van der Waals surface area contributed by atoms with Crippen LogP contribution in [-0.2, 0) is 14.4 Å². The molecule has 1 unspecified atom stereocenters. The monoisotopic (exact) mass is 404 g/mol. The van der Waals surface area contributed by atoms with E-state index in [-0.39, 0.29) is 24.3 Å². The number of likely N-dealkylation sites (N-methyl/N-ethyl adjacent to an activating group) is 1. The molecule has 1 aromatic carbocycles. The van der Waals surface area contributed by atoms with Crippen LogP contribution in [0.1, 0.15) is 37.3 Å². The van der Waals surface area contributed by atoms with E-state index in [1.54, 1.807) is 22.9 Å². The first kappa shape index (κ1) is 21.2. The molecule has 2 heterocycles. The maximum atomic E-state index is 13.5. The average molecular weight is 404 g/mol. The molecule has 0 radical (unpaired) electrons. The first-order valence-electron chi connectivity index (χ1n) is 10.2. The molecular weight excluding hydrogens is 375 g/mol. The number of piperidine rings is 1. The van der Waals surface area contributed by atoms with E-state index >= 15 is 0 Å². The zero-order chi connectivity index (χ0) is 21.0. The van der Waals surface area contributed by atoms with E-state index in [2.05, 4.69) is 0 Å². The van der Waals surface area contributed by atoms with Crippen LogP contribution in [0.3, 0.4) is 0 Å². The van der Waals surface area contributed by atoms with Crippen LogP contribution in [0, 0.1) is 11.7 Å². The normalized spacial score (nSPS) is 18.9. The quantitative estimate of drug-likeness (QED) is 0.771. The van der Waals surface area contributed by atoms with Gasteiger partial charge in [0, 0.05) is 32.1 Å². The van der Waals surface area contributed by atoms with Crippen LogP contribution in [0.15, 0.2) is 24.3 Å². The van der Waals surface area contributed by atoms with Crippen LogP contribution in [0.2, 0.25) is 0 Å². The summed E-state index contributed by atoms with van der Waals surface area (Å²) in [5.41, 5.74) is 5.93. The smallest absolute Gasteiger partial charge is 0.239 e. The highest BCUT2D eigenvalue weighted by atomic mass is 19.1. The zero-order valence-electron chi connectivity index (χ0n) is 16.8. The Morgan fingerprint density at radius 2 is 1.79 bits per heavy atom. The van der Waals surface area contributed by atoms with E-state index in [0.717, 1.165) is 25.9 Å². The molecule has 158 valence electrons. The summed E-state index contributed by atoms with van der Waals surface area (Å²) in [6.45, 7) is 2.74. The number of benzene rings is 1. The van der Waals surface area contributed by atoms with Crippen molar-refractivity contribution in [3.05, 3.63) is 35.6 Å². The number of primary amides is 1. The predicted octanol–water partition coefficient (Wildman–Crippen LogP) is 1.14. The van der Waals surface area contributed by atoms with Gasteiger partial charge in [-0.25, -0.2) is 4.39 Å². The van der Waals surface area contributed by atoms with Gasteiger partial charge >= 0.3 is 0 Å². The molecule has 8 heteroatoms. The average Bonchev–Trinajstić information content (AvgIpc) is 3.22. The van der Waals surface area contributed by atoms with E-state index in [9.17, 15) is 18.8 Å². The summed E-state index contributed by atoms with van der Waals surface area (Å²) in [4.78, 5) is 42.4. The van der Waals surface area contributed by atoms with Gasteiger partial charge in [-0.3, -0.25) is 19.3 Å². The Balaban J connectivity index is 1.55. The van der Waals surface area contributed by atoms with E-state index < -0.39 is 17.8 Å². The second-order valence-corrected chi connectivity index (χ2v) is 7.96. The highest BCUT2D eigenvalue weighted by Crippen LogP contribution is 2.24. The van der Waals surface area contributed by atoms with Crippen LogP contribution < -0.4 is 5.73 Å². The molecule has 2 N–H and O–H groups in total. The number of likely N-dealkylation sites (tertiary alicyclic amines) is 2. The Hall–Kier alpha value is -2.48. The van der Waals surface area contributed by atoms with E-state index in [4.69, 9.17) is 5.73 Å². The zero-order valence-corrected chi connectivity index (χ0v) is 16.8. The van der Waals surface area contributed by atoms with Crippen LogP contribution in [0.4, 0.5) is 4.39 Å². The fourth-order valence-electron chi connectivity index (χ4n) is 4.29. The molecule has 0 bridgehead atoms. The molecule has 2 fully saturated rings. The van der Waals surface area contributed by atoms with Crippen molar-refractivity contribution in [2.24, 2.45) is 11.7 Å². The summed E-state index contributed by atoms with van der Waals surface area (Å²) >= 11 is 0. The van der Waals surface area contributed by atoms with Gasteiger partial charge in [0.2, 0.25) is 17.7 Å². The molecular formula is C21H29FN4O3. The van der Waals surface area contributed by atoms with E-state index in [1.807, 2.05) is 4.90 Å². The van der Waals surface area contributed by atoms with Crippen molar-refractivity contribution in [2.45, 2.75) is 31.7 Å². The van der Waals surface area contributed by atoms with Crippen molar-refractivity contribution < 1.29 is 18.8 Å². The lowest BCUT2D eigenvalue weighted by molar-refractivity contribution is -0.141. The lowest BCUT2D eigenvalue weighted by Crippen LogP contribution is -2.47. The molecule has 3 amide bonds. The largest absolute Gasteiger partial charge is 0.368 e. The third-order valence-electron chi connectivity index (χ3n) is 5.87. The molecule has 0 aromatic heterocycles. The number of hydrogen-bond donors (Lipinski definition) is 1. The fraction of sp³-hybridized carbons (Fsp3) is 0.571. The number of rotatable bonds is 6. The summed E-state index contributed by atoms with van der Waals surface area (Å²) < 4.78 is 13.5. The molecule has 2 aliphatic heterocycles. The summed E-state index contributed by atoms with van der Waals surface area (Å²) in [5, 5.41) is 0. The van der Waals surface area contributed by atoms with Crippen LogP contribution in [0.25, 0.3) is 0 Å². The standard InChI is InChI=1S/C21H29FN4O3/c1-24(19(20(23)28)16-5-4-6-17(22)13-16)14-18(27)25-11-7-15(8-12-25)21(29)26-9-2-3-10-26/h4-6,13,15,19H,2-3,7-12,14H2,1H3,(H2,23,28). The molecule has 0 aliphatic carbocycles. The molecule has 2 saturated heterocycles. The maximum Gasteiger partial charge on any atom is 0.239 e. The van der Waals surface area contributed by atoms with Gasteiger partial charge in [-0.1, -0.05) is 12.1 Å². The van der Waals surface area contributed by atoms with Crippen molar-refractivity contribution in [1.29, 1.82) is 0 Å². The van der Waals surface area contributed by atoms with Gasteiger partial charge < -0.3 is 15.5 Å². The summed E-state index contributed by atoms with van der Waals surface area (Å²) in [5.74, 6) is -1.02. The van der Waals surface area contributed by atoms with Crippen LogP contribution in [-0.4, -0.2) is 72.2 Å². The minimum absolute atomic E-state index is 0.00510. The number of halogens is 1. The Morgan fingerprint density at radius 3 is 2.38 bits per heavy atom. The molecule has 7 nitrogen and oxygen atoms in total. The molecule has 1 atom stereocenters. The second-order valence-electron chi connectivity index (χ2n) is 7.96. The Kier molecular flexibility index (Phi) is 6.84. The SMILES string of the molecule is CN(CC(=O)N1CCC(C(=O)N2CCCC2)CC1)C(C(N)=O)c1cccc(F)c1. The molecule has 0 spiro atoms. The highest BCUT2D eigenvalue weighted by molar-refractivity contribution is 5.84. The number of hydrogen-bond acceptors (Lipinski definition) is 4. The third kappa shape index (κ3) is 5.12. The van der Waals surface area contributed by atoms with Gasteiger partial charge in [0.15, 0.2) is 0 Å². The number of carbonyl (C=O) groups excluding carboxylic acids is 3.